The number of carbonyl (C=O) groups excluding carboxylic acids is 3. The third-order valence-electron chi connectivity index (χ3n) is 4.95. The maximum atomic E-state index is 12.2. The molecule has 1 aliphatic rings. The molecule has 1 heterocycles. The number of ether oxygens (including phenoxy) is 3. The normalized spacial score (nSPS) is 21.3. The molecule has 1 fully saturated rings. The van der Waals surface area contributed by atoms with Crippen LogP contribution >= 0.6 is 0 Å². The molecule has 1 aliphatic heterocycles. The zero-order valence-corrected chi connectivity index (χ0v) is 17.7. The molecule has 0 aliphatic carbocycles. The number of esters is 1. The number of hydrogen-bond acceptors (Lipinski definition) is 6. The highest BCUT2D eigenvalue weighted by Crippen LogP contribution is 2.22. The zero-order chi connectivity index (χ0) is 21.8. The number of hydrogen-bond donors (Lipinski definition) is 1. The van der Waals surface area contributed by atoms with Crippen molar-refractivity contribution in [3.8, 4) is 0 Å². The Hall–Kier alpha value is -2.51. The van der Waals surface area contributed by atoms with Crippen LogP contribution in [0, 0.1) is 5.92 Å². The van der Waals surface area contributed by atoms with Gasteiger partial charge in [-0.2, -0.15) is 0 Å². The van der Waals surface area contributed by atoms with E-state index < -0.39 is 11.7 Å². The monoisotopic (exact) mass is 417 g/mol. The molecule has 1 N–H and O–H groups in total. The number of rotatable bonds is 11. The number of unbranched alkanes of at least 4 members (excludes halogenated alkanes) is 1. The highest BCUT2D eigenvalue weighted by atomic mass is 16.7. The van der Waals surface area contributed by atoms with E-state index in [-0.39, 0.29) is 37.2 Å². The van der Waals surface area contributed by atoms with Crippen LogP contribution in [-0.4, -0.2) is 50.3 Å². The number of amides is 1. The molecule has 1 aromatic rings. The molecule has 0 saturated carbocycles. The van der Waals surface area contributed by atoms with Crippen molar-refractivity contribution in [3.63, 3.8) is 0 Å². The summed E-state index contributed by atoms with van der Waals surface area (Å²) in [5.74, 6) is -1.20. The van der Waals surface area contributed by atoms with Gasteiger partial charge in [0.05, 0.1) is 19.8 Å². The van der Waals surface area contributed by atoms with Crippen molar-refractivity contribution in [2.24, 2.45) is 5.92 Å². The summed E-state index contributed by atoms with van der Waals surface area (Å²) in [7, 11) is 1.39. The second-order valence-electron chi connectivity index (χ2n) is 7.31. The quantitative estimate of drug-likeness (QED) is 0.258. The van der Waals surface area contributed by atoms with E-state index >= 15 is 0 Å². The fourth-order valence-corrected chi connectivity index (χ4v) is 3.21. The van der Waals surface area contributed by atoms with Gasteiger partial charge in [0, 0.05) is 25.3 Å². The Morgan fingerprint density at radius 2 is 1.97 bits per heavy atom. The van der Waals surface area contributed by atoms with Crippen molar-refractivity contribution >= 4 is 17.7 Å². The van der Waals surface area contributed by atoms with E-state index in [1.54, 1.807) is 0 Å². The highest BCUT2D eigenvalue weighted by molar-refractivity contribution is 6.36. The van der Waals surface area contributed by atoms with Crippen LogP contribution in [0.5, 0.6) is 0 Å². The van der Waals surface area contributed by atoms with Gasteiger partial charge in [-0.3, -0.25) is 14.4 Å². The van der Waals surface area contributed by atoms with Crippen LogP contribution in [0.3, 0.4) is 0 Å². The first kappa shape index (κ1) is 23.8. The summed E-state index contributed by atoms with van der Waals surface area (Å²) in [4.78, 5) is 35.4. The summed E-state index contributed by atoms with van der Waals surface area (Å²) in [6, 6.07) is 9.19. The minimum Gasteiger partial charge on any atom is -0.469 e. The predicted molar refractivity (Wildman–Crippen MR) is 112 cm³/mol. The molecule has 30 heavy (non-hydrogen) atoms. The van der Waals surface area contributed by atoms with Crippen LogP contribution in [-0.2, 0) is 35.0 Å². The van der Waals surface area contributed by atoms with E-state index in [4.69, 9.17) is 9.47 Å². The fourth-order valence-electron chi connectivity index (χ4n) is 3.21. The van der Waals surface area contributed by atoms with Gasteiger partial charge in [0.2, 0.25) is 5.78 Å². The smallest absolute Gasteiger partial charge is 0.305 e. The number of methoxy groups -OCH3 is 1. The van der Waals surface area contributed by atoms with Crippen molar-refractivity contribution in [2.75, 3.05) is 20.3 Å². The van der Waals surface area contributed by atoms with Crippen molar-refractivity contribution in [1.29, 1.82) is 0 Å². The van der Waals surface area contributed by atoms with Gasteiger partial charge in [0.15, 0.2) is 6.29 Å². The molecule has 0 unspecified atom stereocenters. The fraction of sp³-hybridized carbons (Fsp3) is 0.522. The molecule has 1 aromatic carbocycles. The lowest BCUT2D eigenvalue weighted by molar-refractivity contribution is -0.225. The summed E-state index contributed by atoms with van der Waals surface area (Å²) < 4.78 is 16.0. The zero-order valence-electron chi connectivity index (χ0n) is 17.7. The van der Waals surface area contributed by atoms with E-state index in [1.807, 2.05) is 49.4 Å². The Morgan fingerprint density at radius 3 is 2.70 bits per heavy atom. The van der Waals surface area contributed by atoms with Gasteiger partial charge < -0.3 is 19.5 Å². The first-order chi connectivity index (χ1) is 14.5. The maximum absolute atomic E-state index is 12.2. The summed E-state index contributed by atoms with van der Waals surface area (Å²) in [6.07, 6.45) is 6.21. The lowest BCUT2D eigenvalue weighted by Gasteiger charge is -2.35. The first-order valence-corrected chi connectivity index (χ1v) is 10.3. The van der Waals surface area contributed by atoms with Crippen LogP contribution in [0.4, 0.5) is 0 Å². The molecule has 0 bridgehead atoms. The van der Waals surface area contributed by atoms with E-state index in [0.717, 1.165) is 24.8 Å². The third kappa shape index (κ3) is 8.47. The van der Waals surface area contributed by atoms with Gasteiger partial charge in [-0.05, 0) is 31.7 Å². The minimum absolute atomic E-state index is 0.0718. The SMILES string of the molecule is COC(=O)CCC/C=C\C[C@H]1CO[C@@H](C)O[C@H]1CNC(=O)C(=O)Cc1ccccc1. The van der Waals surface area contributed by atoms with Crippen molar-refractivity contribution in [3.05, 3.63) is 48.0 Å². The highest BCUT2D eigenvalue weighted by Gasteiger charge is 2.30. The summed E-state index contributed by atoms with van der Waals surface area (Å²) in [6.45, 7) is 2.59. The first-order valence-electron chi connectivity index (χ1n) is 10.3. The van der Waals surface area contributed by atoms with Crippen LogP contribution in [0.1, 0.15) is 38.2 Å². The Balaban J connectivity index is 1.77. The number of nitrogens with one attached hydrogen (secondary N) is 1. The Morgan fingerprint density at radius 1 is 1.20 bits per heavy atom. The number of carbonyl (C=O) groups is 3. The molecular formula is C23H31NO6. The van der Waals surface area contributed by atoms with Crippen molar-refractivity contribution in [1.82, 2.24) is 5.32 Å². The van der Waals surface area contributed by atoms with Gasteiger partial charge in [0.25, 0.3) is 5.91 Å². The third-order valence-corrected chi connectivity index (χ3v) is 4.95. The van der Waals surface area contributed by atoms with Crippen LogP contribution in [0.15, 0.2) is 42.5 Å². The maximum Gasteiger partial charge on any atom is 0.305 e. The summed E-state index contributed by atoms with van der Waals surface area (Å²) in [5.41, 5.74) is 0.809. The number of benzene rings is 1. The molecule has 1 amide bonds. The van der Waals surface area contributed by atoms with E-state index in [9.17, 15) is 14.4 Å². The lowest BCUT2D eigenvalue weighted by Crippen LogP contribution is -2.47. The van der Waals surface area contributed by atoms with Crippen molar-refractivity contribution in [2.45, 2.75) is 51.4 Å². The van der Waals surface area contributed by atoms with E-state index in [0.29, 0.717) is 13.0 Å². The molecule has 7 heteroatoms. The van der Waals surface area contributed by atoms with Gasteiger partial charge in [-0.25, -0.2) is 0 Å². The molecule has 3 atom stereocenters. The summed E-state index contributed by atoms with van der Waals surface area (Å²) in [5, 5.41) is 2.71. The van der Waals surface area contributed by atoms with Gasteiger partial charge >= 0.3 is 5.97 Å². The average Bonchev–Trinajstić information content (AvgIpc) is 2.75. The average molecular weight is 418 g/mol. The molecule has 164 valence electrons. The number of ketones is 1. The Labute approximate surface area is 177 Å². The number of Topliss-reactive ketones (excluding diaryl/α,β-unsaturated/α-hetero) is 1. The Bertz CT molecular complexity index is 718. The second-order valence-corrected chi connectivity index (χ2v) is 7.31. The van der Waals surface area contributed by atoms with Gasteiger partial charge in [-0.15, -0.1) is 0 Å². The Kier molecular flexibility index (Phi) is 10.2. The van der Waals surface area contributed by atoms with Crippen LogP contribution in [0.2, 0.25) is 0 Å². The standard InChI is InChI=1S/C23H31NO6/c1-17-29-16-19(12-8-3-4-9-13-22(26)28-2)21(30-17)15-24-23(27)20(25)14-18-10-6-5-7-11-18/h3,5-8,10-11,17,19,21H,4,9,12-16H2,1-2H3,(H,24,27)/b8-3-/t17-,19+,21+/m1/s1. The lowest BCUT2D eigenvalue weighted by atomic mass is 9.97. The molecule has 2 rings (SSSR count). The van der Waals surface area contributed by atoms with E-state index in [2.05, 4.69) is 10.1 Å². The second kappa shape index (κ2) is 12.9. The van der Waals surface area contributed by atoms with Gasteiger partial charge in [0.1, 0.15) is 0 Å². The predicted octanol–water partition coefficient (Wildman–Crippen LogP) is 2.58. The molecule has 0 aromatic heterocycles. The van der Waals surface area contributed by atoms with Crippen LogP contribution < -0.4 is 5.32 Å². The molecular weight excluding hydrogens is 386 g/mol. The van der Waals surface area contributed by atoms with Crippen molar-refractivity contribution < 1.29 is 28.6 Å². The molecule has 7 nitrogen and oxygen atoms in total. The van der Waals surface area contributed by atoms with E-state index in [1.165, 1.54) is 7.11 Å². The molecule has 0 spiro atoms. The number of allylic oxidation sites excluding steroid dienone is 2. The molecule has 1 saturated heterocycles. The largest absolute Gasteiger partial charge is 0.469 e. The minimum atomic E-state index is -0.598. The van der Waals surface area contributed by atoms with Crippen LogP contribution in [0.25, 0.3) is 0 Å². The molecule has 0 radical (unpaired) electrons. The topological polar surface area (TPSA) is 90.9 Å². The van der Waals surface area contributed by atoms with Gasteiger partial charge in [-0.1, -0.05) is 42.5 Å². The summed E-state index contributed by atoms with van der Waals surface area (Å²) >= 11 is 0.